The Labute approximate surface area is 164 Å². The van der Waals surface area contributed by atoms with Gasteiger partial charge in [0.15, 0.2) is 5.65 Å². The molecule has 0 radical (unpaired) electrons. The standard InChI is InChI=1S/C20H24ClN5O/c1-14-12-18(25-8-6-24(7-9-25)10-11-27)26-20(22-14)15(2)19(23-26)16-4-3-5-17(21)13-16/h3-5,12-13,27H,6-11H2,1-2H3. The average Bonchev–Trinajstić information content (AvgIpc) is 2.99. The number of aliphatic hydroxyl groups excluding tert-OH is 1. The van der Waals surface area contributed by atoms with Crippen molar-refractivity contribution in [3.05, 3.63) is 46.6 Å². The lowest BCUT2D eigenvalue weighted by molar-refractivity contribution is 0.188. The van der Waals surface area contributed by atoms with Crippen LogP contribution in [0.5, 0.6) is 0 Å². The Bertz CT molecular complexity index is 962. The van der Waals surface area contributed by atoms with Crippen molar-refractivity contribution in [3.8, 4) is 11.3 Å². The van der Waals surface area contributed by atoms with Crippen molar-refractivity contribution in [2.24, 2.45) is 0 Å². The van der Waals surface area contributed by atoms with E-state index in [1.165, 1.54) is 0 Å². The van der Waals surface area contributed by atoms with Crippen molar-refractivity contribution < 1.29 is 5.11 Å². The molecular formula is C20H24ClN5O. The third-order valence-electron chi connectivity index (χ3n) is 5.14. The first-order valence-corrected chi connectivity index (χ1v) is 9.65. The Balaban J connectivity index is 1.75. The van der Waals surface area contributed by atoms with Gasteiger partial charge in [-0.3, -0.25) is 4.90 Å². The number of rotatable bonds is 4. The van der Waals surface area contributed by atoms with Crippen LogP contribution in [0, 0.1) is 13.8 Å². The van der Waals surface area contributed by atoms with E-state index in [0.29, 0.717) is 5.02 Å². The molecule has 0 amide bonds. The molecular weight excluding hydrogens is 362 g/mol. The number of halogens is 1. The molecule has 3 aromatic rings. The predicted molar refractivity (Wildman–Crippen MR) is 109 cm³/mol. The molecule has 1 saturated heterocycles. The number of aliphatic hydroxyl groups is 1. The Morgan fingerprint density at radius 1 is 1.11 bits per heavy atom. The van der Waals surface area contributed by atoms with Gasteiger partial charge in [-0.05, 0) is 26.0 Å². The zero-order chi connectivity index (χ0) is 19.0. The lowest BCUT2D eigenvalue weighted by atomic mass is 10.1. The van der Waals surface area contributed by atoms with Crippen molar-refractivity contribution >= 4 is 23.1 Å². The van der Waals surface area contributed by atoms with Gasteiger partial charge in [0.1, 0.15) is 5.82 Å². The summed E-state index contributed by atoms with van der Waals surface area (Å²) in [6.07, 6.45) is 0. The number of benzene rings is 1. The highest BCUT2D eigenvalue weighted by Crippen LogP contribution is 2.29. The summed E-state index contributed by atoms with van der Waals surface area (Å²) >= 11 is 6.18. The summed E-state index contributed by atoms with van der Waals surface area (Å²) in [5, 5.41) is 14.8. The summed E-state index contributed by atoms with van der Waals surface area (Å²) in [6, 6.07) is 9.89. The molecule has 142 valence electrons. The molecule has 1 N–H and O–H groups in total. The van der Waals surface area contributed by atoms with Gasteiger partial charge in [-0.15, -0.1) is 0 Å². The molecule has 2 aromatic heterocycles. The summed E-state index contributed by atoms with van der Waals surface area (Å²) in [4.78, 5) is 9.38. The number of anilines is 1. The number of hydrogen-bond acceptors (Lipinski definition) is 5. The van der Waals surface area contributed by atoms with E-state index in [1.807, 2.05) is 35.7 Å². The molecule has 1 aliphatic heterocycles. The van der Waals surface area contributed by atoms with E-state index >= 15 is 0 Å². The van der Waals surface area contributed by atoms with Crippen molar-refractivity contribution in [2.45, 2.75) is 13.8 Å². The topological polar surface area (TPSA) is 56.9 Å². The minimum absolute atomic E-state index is 0.208. The van der Waals surface area contributed by atoms with Crippen molar-refractivity contribution in [3.63, 3.8) is 0 Å². The lowest BCUT2D eigenvalue weighted by Crippen LogP contribution is -2.47. The van der Waals surface area contributed by atoms with E-state index in [1.54, 1.807) is 0 Å². The molecule has 1 fully saturated rings. The minimum Gasteiger partial charge on any atom is -0.395 e. The maximum absolute atomic E-state index is 9.15. The third-order valence-corrected chi connectivity index (χ3v) is 5.37. The van der Waals surface area contributed by atoms with Crippen LogP contribution in [0.3, 0.4) is 0 Å². The van der Waals surface area contributed by atoms with E-state index in [4.69, 9.17) is 26.8 Å². The molecule has 1 aromatic carbocycles. The first-order chi connectivity index (χ1) is 13.1. The summed E-state index contributed by atoms with van der Waals surface area (Å²) in [5.41, 5.74) is 4.84. The Morgan fingerprint density at radius 3 is 2.59 bits per heavy atom. The summed E-state index contributed by atoms with van der Waals surface area (Å²) < 4.78 is 1.96. The molecule has 3 heterocycles. The molecule has 0 unspecified atom stereocenters. The van der Waals surface area contributed by atoms with Gasteiger partial charge in [-0.1, -0.05) is 23.7 Å². The highest BCUT2D eigenvalue weighted by Gasteiger charge is 2.22. The summed E-state index contributed by atoms with van der Waals surface area (Å²) in [7, 11) is 0. The Hall–Kier alpha value is -2.15. The second-order valence-electron chi connectivity index (χ2n) is 7.03. The van der Waals surface area contributed by atoms with Crippen LogP contribution < -0.4 is 4.90 Å². The third kappa shape index (κ3) is 3.52. The Morgan fingerprint density at radius 2 is 1.89 bits per heavy atom. The molecule has 1 aliphatic rings. The van der Waals surface area contributed by atoms with E-state index in [2.05, 4.69) is 22.8 Å². The highest BCUT2D eigenvalue weighted by atomic mass is 35.5. The number of β-amino-alcohol motifs (C(OH)–C–C–N with tert-alkyl or cyclic N) is 1. The number of nitrogens with zero attached hydrogens (tertiary/aromatic N) is 5. The highest BCUT2D eigenvalue weighted by molar-refractivity contribution is 6.30. The van der Waals surface area contributed by atoms with E-state index in [0.717, 1.165) is 66.7 Å². The van der Waals surface area contributed by atoms with E-state index in [9.17, 15) is 0 Å². The van der Waals surface area contributed by atoms with Crippen LogP contribution in [-0.4, -0.2) is 63.9 Å². The normalized spacial score (nSPS) is 15.6. The molecule has 0 saturated carbocycles. The molecule has 0 bridgehead atoms. The monoisotopic (exact) mass is 385 g/mol. The van der Waals surface area contributed by atoms with Gasteiger partial charge in [0.05, 0.1) is 12.3 Å². The van der Waals surface area contributed by atoms with Crippen LogP contribution in [0.25, 0.3) is 16.9 Å². The van der Waals surface area contributed by atoms with Crippen LogP contribution >= 0.6 is 11.6 Å². The van der Waals surface area contributed by atoms with Crippen molar-refractivity contribution in [2.75, 3.05) is 44.2 Å². The SMILES string of the molecule is Cc1cc(N2CCN(CCO)CC2)n2nc(-c3cccc(Cl)c3)c(C)c2n1. The van der Waals surface area contributed by atoms with Gasteiger partial charge >= 0.3 is 0 Å². The van der Waals surface area contributed by atoms with Gasteiger partial charge in [0.2, 0.25) is 0 Å². The predicted octanol–water partition coefficient (Wildman–Crippen LogP) is 2.78. The first-order valence-electron chi connectivity index (χ1n) is 9.28. The molecule has 0 aliphatic carbocycles. The van der Waals surface area contributed by atoms with Crippen molar-refractivity contribution in [1.29, 1.82) is 0 Å². The number of piperazine rings is 1. The van der Waals surface area contributed by atoms with Gasteiger partial charge in [0, 0.05) is 60.6 Å². The molecule has 27 heavy (non-hydrogen) atoms. The molecule has 0 spiro atoms. The van der Waals surface area contributed by atoms with Crippen LogP contribution in [0.1, 0.15) is 11.3 Å². The number of aromatic nitrogens is 3. The van der Waals surface area contributed by atoms with E-state index < -0.39 is 0 Å². The van der Waals surface area contributed by atoms with Crippen LogP contribution in [0.15, 0.2) is 30.3 Å². The number of fused-ring (bicyclic) bond motifs is 1. The largest absolute Gasteiger partial charge is 0.395 e. The second-order valence-corrected chi connectivity index (χ2v) is 7.46. The van der Waals surface area contributed by atoms with E-state index in [-0.39, 0.29) is 6.61 Å². The minimum atomic E-state index is 0.208. The van der Waals surface area contributed by atoms with Gasteiger partial charge in [-0.25, -0.2) is 4.98 Å². The lowest BCUT2D eigenvalue weighted by Gasteiger charge is -2.35. The Kier molecular flexibility index (Phi) is 5.04. The van der Waals surface area contributed by atoms with Gasteiger partial charge in [0.25, 0.3) is 0 Å². The van der Waals surface area contributed by atoms with Crippen LogP contribution in [0.4, 0.5) is 5.82 Å². The summed E-state index contributed by atoms with van der Waals surface area (Å²) in [6.45, 7) is 8.72. The van der Waals surface area contributed by atoms with Crippen LogP contribution in [-0.2, 0) is 0 Å². The number of aryl methyl sites for hydroxylation is 2. The maximum atomic E-state index is 9.15. The zero-order valence-electron chi connectivity index (χ0n) is 15.7. The average molecular weight is 386 g/mol. The van der Waals surface area contributed by atoms with Gasteiger partial charge in [-0.2, -0.15) is 9.61 Å². The molecule has 0 atom stereocenters. The fourth-order valence-corrected chi connectivity index (χ4v) is 3.89. The van der Waals surface area contributed by atoms with Crippen molar-refractivity contribution in [1.82, 2.24) is 19.5 Å². The van der Waals surface area contributed by atoms with Crippen LogP contribution in [0.2, 0.25) is 5.02 Å². The smallest absolute Gasteiger partial charge is 0.161 e. The molecule has 6 nitrogen and oxygen atoms in total. The first kappa shape index (κ1) is 18.2. The van der Waals surface area contributed by atoms with Gasteiger partial charge < -0.3 is 10.0 Å². The zero-order valence-corrected chi connectivity index (χ0v) is 16.4. The summed E-state index contributed by atoms with van der Waals surface area (Å²) in [5.74, 6) is 1.07. The second kappa shape index (κ2) is 7.46. The molecule has 4 rings (SSSR count). The fraction of sp³-hybridized carbons (Fsp3) is 0.400. The quantitative estimate of drug-likeness (QED) is 0.748. The fourth-order valence-electron chi connectivity index (χ4n) is 3.70. The maximum Gasteiger partial charge on any atom is 0.161 e. The number of hydrogen-bond donors (Lipinski definition) is 1. The molecule has 7 heteroatoms.